The Bertz CT molecular complexity index is 588. The van der Waals surface area contributed by atoms with E-state index < -0.39 is 11.6 Å². The van der Waals surface area contributed by atoms with Crippen LogP contribution in [0.3, 0.4) is 0 Å². The van der Waals surface area contributed by atoms with Gasteiger partial charge in [0.05, 0.1) is 18.0 Å². The van der Waals surface area contributed by atoms with E-state index in [0.717, 1.165) is 23.3 Å². The van der Waals surface area contributed by atoms with Gasteiger partial charge in [-0.3, -0.25) is 0 Å². The summed E-state index contributed by atoms with van der Waals surface area (Å²) >= 11 is 0. The molecule has 0 aromatic heterocycles. The minimum absolute atomic E-state index is 0.0510. The fourth-order valence-corrected chi connectivity index (χ4v) is 1.77. The normalized spacial score (nSPS) is 10.5. The maximum absolute atomic E-state index is 13.2. The van der Waals surface area contributed by atoms with Gasteiger partial charge in [-0.2, -0.15) is 0 Å². The molecule has 0 bridgehead atoms. The molecule has 0 saturated heterocycles. The fraction of sp³-hybridized carbons (Fsp3) is 0.143. The summed E-state index contributed by atoms with van der Waals surface area (Å²) in [5.74, 6) is -1.47. The van der Waals surface area contributed by atoms with E-state index in [1.807, 2.05) is 6.07 Å². The number of aliphatic hydroxyl groups is 1. The molecular formula is C14H14F2N2O. The molecule has 19 heavy (non-hydrogen) atoms. The SMILES string of the molecule is Nc1c(F)cc(F)cc1NCc1cccc(CO)c1. The summed E-state index contributed by atoms with van der Waals surface area (Å²) in [5.41, 5.74) is 7.29. The molecule has 2 aromatic rings. The number of nitrogen functional groups attached to an aromatic ring is 1. The molecule has 0 atom stereocenters. The van der Waals surface area contributed by atoms with E-state index in [0.29, 0.717) is 6.54 Å². The molecule has 0 fully saturated rings. The topological polar surface area (TPSA) is 58.3 Å². The number of rotatable bonds is 4. The molecule has 0 aliphatic heterocycles. The van der Waals surface area contributed by atoms with Gasteiger partial charge in [-0.05, 0) is 17.2 Å². The van der Waals surface area contributed by atoms with Gasteiger partial charge in [-0.15, -0.1) is 0 Å². The largest absolute Gasteiger partial charge is 0.395 e. The van der Waals surface area contributed by atoms with Crippen LogP contribution in [0, 0.1) is 11.6 Å². The van der Waals surface area contributed by atoms with E-state index >= 15 is 0 Å². The van der Waals surface area contributed by atoms with E-state index in [1.54, 1.807) is 18.2 Å². The second-order valence-corrected chi connectivity index (χ2v) is 4.18. The summed E-state index contributed by atoms with van der Waals surface area (Å²) in [6, 6.07) is 9.13. The molecule has 0 aliphatic carbocycles. The Labute approximate surface area is 109 Å². The maximum atomic E-state index is 13.2. The highest BCUT2D eigenvalue weighted by Crippen LogP contribution is 2.24. The predicted octanol–water partition coefficient (Wildman–Crippen LogP) is 2.65. The predicted molar refractivity (Wildman–Crippen MR) is 70.5 cm³/mol. The summed E-state index contributed by atoms with van der Waals surface area (Å²) < 4.78 is 26.3. The molecule has 5 heteroatoms. The molecule has 0 aliphatic rings. The van der Waals surface area contributed by atoms with E-state index in [-0.39, 0.29) is 18.0 Å². The van der Waals surface area contributed by atoms with Crippen molar-refractivity contribution in [1.29, 1.82) is 0 Å². The highest BCUT2D eigenvalue weighted by Gasteiger charge is 2.07. The molecule has 0 spiro atoms. The first-order valence-electron chi connectivity index (χ1n) is 5.77. The van der Waals surface area contributed by atoms with Crippen LogP contribution in [0.2, 0.25) is 0 Å². The first-order valence-corrected chi connectivity index (χ1v) is 5.77. The van der Waals surface area contributed by atoms with Crippen LogP contribution in [0.25, 0.3) is 0 Å². The monoisotopic (exact) mass is 264 g/mol. The number of halogens is 2. The fourth-order valence-electron chi connectivity index (χ4n) is 1.77. The van der Waals surface area contributed by atoms with E-state index in [1.165, 1.54) is 0 Å². The number of hydrogen-bond donors (Lipinski definition) is 3. The molecule has 0 saturated carbocycles. The molecule has 0 heterocycles. The Kier molecular flexibility index (Phi) is 3.97. The van der Waals surface area contributed by atoms with Crippen LogP contribution in [0.5, 0.6) is 0 Å². The number of hydrogen-bond acceptors (Lipinski definition) is 3. The highest BCUT2D eigenvalue weighted by molar-refractivity contribution is 5.66. The number of nitrogens with one attached hydrogen (secondary N) is 1. The molecule has 100 valence electrons. The molecule has 3 nitrogen and oxygen atoms in total. The first-order chi connectivity index (χ1) is 9.10. The second kappa shape index (κ2) is 5.67. The van der Waals surface area contributed by atoms with Crippen molar-refractivity contribution in [2.24, 2.45) is 0 Å². The summed E-state index contributed by atoms with van der Waals surface area (Å²) in [6.45, 7) is 0.311. The minimum Gasteiger partial charge on any atom is -0.395 e. The number of aliphatic hydroxyl groups excluding tert-OH is 1. The lowest BCUT2D eigenvalue weighted by Gasteiger charge is -2.11. The van der Waals surface area contributed by atoms with Crippen molar-refractivity contribution in [3.05, 3.63) is 59.2 Å². The van der Waals surface area contributed by atoms with Gasteiger partial charge in [0.15, 0.2) is 5.82 Å². The van der Waals surface area contributed by atoms with Gasteiger partial charge in [0.25, 0.3) is 0 Å². The summed E-state index contributed by atoms with van der Waals surface area (Å²) in [7, 11) is 0. The first kappa shape index (κ1) is 13.3. The molecule has 0 amide bonds. The molecule has 4 N–H and O–H groups in total. The van der Waals surface area contributed by atoms with E-state index in [9.17, 15) is 8.78 Å². The van der Waals surface area contributed by atoms with Crippen LogP contribution in [0.15, 0.2) is 36.4 Å². The van der Waals surface area contributed by atoms with Crippen LogP contribution in [-0.4, -0.2) is 5.11 Å². The summed E-state index contributed by atoms with van der Waals surface area (Å²) in [6.07, 6.45) is 0. The van der Waals surface area contributed by atoms with Gasteiger partial charge < -0.3 is 16.2 Å². The minimum atomic E-state index is -0.786. The molecule has 0 radical (unpaired) electrons. The standard InChI is InChI=1S/C14H14F2N2O/c15-11-5-12(16)14(17)13(6-11)18-7-9-2-1-3-10(4-9)8-19/h1-6,18-19H,7-8,17H2. The maximum Gasteiger partial charge on any atom is 0.151 e. The Morgan fingerprint density at radius 3 is 2.58 bits per heavy atom. The number of anilines is 2. The third kappa shape index (κ3) is 3.20. The van der Waals surface area contributed by atoms with Crippen molar-refractivity contribution in [2.45, 2.75) is 13.2 Å². The Morgan fingerprint density at radius 1 is 1.11 bits per heavy atom. The van der Waals surface area contributed by atoms with Crippen molar-refractivity contribution in [1.82, 2.24) is 0 Å². The van der Waals surface area contributed by atoms with Gasteiger partial charge in [0.2, 0.25) is 0 Å². The van der Waals surface area contributed by atoms with Gasteiger partial charge in [-0.1, -0.05) is 24.3 Å². The third-order valence-electron chi connectivity index (χ3n) is 2.75. The second-order valence-electron chi connectivity index (χ2n) is 4.18. The summed E-state index contributed by atoms with van der Waals surface area (Å²) in [4.78, 5) is 0. The highest BCUT2D eigenvalue weighted by atomic mass is 19.1. The molecule has 0 unspecified atom stereocenters. The van der Waals surface area contributed by atoms with Crippen LogP contribution in [0.4, 0.5) is 20.2 Å². The average molecular weight is 264 g/mol. The van der Waals surface area contributed by atoms with E-state index in [4.69, 9.17) is 10.8 Å². The van der Waals surface area contributed by atoms with Gasteiger partial charge in [0.1, 0.15) is 5.82 Å². The van der Waals surface area contributed by atoms with Gasteiger partial charge in [-0.25, -0.2) is 8.78 Å². The third-order valence-corrected chi connectivity index (χ3v) is 2.75. The Hall–Kier alpha value is -2.14. The van der Waals surface area contributed by atoms with Crippen molar-refractivity contribution < 1.29 is 13.9 Å². The van der Waals surface area contributed by atoms with Crippen molar-refractivity contribution in [3.8, 4) is 0 Å². The van der Waals surface area contributed by atoms with E-state index in [2.05, 4.69) is 5.32 Å². The van der Waals surface area contributed by atoms with Crippen molar-refractivity contribution in [2.75, 3.05) is 11.1 Å². The quantitative estimate of drug-likeness (QED) is 0.744. The van der Waals surface area contributed by atoms with Crippen LogP contribution in [-0.2, 0) is 13.2 Å². The van der Waals surface area contributed by atoms with Gasteiger partial charge in [0, 0.05) is 12.6 Å². The summed E-state index contributed by atoms with van der Waals surface area (Å²) in [5, 5.41) is 11.9. The average Bonchev–Trinajstić information content (AvgIpc) is 2.41. The number of benzene rings is 2. The Morgan fingerprint density at radius 2 is 1.84 bits per heavy atom. The molecule has 2 rings (SSSR count). The zero-order valence-electron chi connectivity index (χ0n) is 10.2. The lowest BCUT2D eigenvalue weighted by Crippen LogP contribution is -2.05. The Balaban J connectivity index is 2.14. The molecule has 2 aromatic carbocycles. The smallest absolute Gasteiger partial charge is 0.151 e. The zero-order valence-corrected chi connectivity index (χ0v) is 10.2. The van der Waals surface area contributed by atoms with Gasteiger partial charge >= 0.3 is 0 Å². The van der Waals surface area contributed by atoms with Crippen molar-refractivity contribution in [3.63, 3.8) is 0 Å². The number of nitrogens with two attached hydrogens (primary N) is 1. The molecular weight excluding hydrogens is 250 g/mol. The van der Waals surface area contributed by atoms with Crippen LogP contribution >= 0.6 is 0 Å². The van der Waals surface area contributed by atoms with Crippen LogP contribution in [0.1, 0.15) is 11.1 Å². The van der Waals surface area contributed by atoms with Crippen LogP contribution < -0.4 is 11.1 Å². The zero-order chi connectivity index (χ0) is 13.8. The van der Waals surface area contributed by atoms with Crippen molar-refractivity contribution >= 4 is 11.4 Å². The lowest BCUT2D eigenvalue weighted by molar-refractivity contribution is 0.281. The lowest BCUT2D eigenvalue weighted by atomic mass is 10.1.